The van der Waals surface area contributed by atoms with Crippen molar-refractivity contribution in [2.24, 2.45) is 0 Å². The van der Waals surface area contributed by atoms with Gasteiger partial charge in [-0.05, 0) is 6.92 Å². The Morgan fingerprint density at radius 1 is 1.64 bits per heavy atom. The molecule has 11 heavy (non-hydrogen) atoms. The van der Waals surface area contributed by atoms with Gasteiger partial charge in [0.15, 0.2) is 11.6 Å². The molecule has 0 aromatic heterocycles. The number of hydrogen-bond acceptors (Lipinski definition) is 3. The Kier molecular flexibility index (Phi) is 1.83. The summed E-state index contributed by atoms with van der Waals surface area (Å²) in [6.07, 6.45) is 1.02. The van der Waals surface area contributed by atoms with Gasteiger partial charge in [0.25, 0.3) is 0 Å². The van der Waals surface area contributed by atoms with Crippen LogP contribution in [0.1, 0.15) is 6.92 Å². The molecule has 0 heterocycles. The van der Waals surface area contributed by atoms with Gasteiger partial charge in [0, 0.05) is 6.08 Å². The molecule has 0 aromatic rings. The van der Waals surface area contributed by atoms with Crippen molar-refractivity contribution in [3.8, 4) is 0 Å². The fourth-order valence-corrected chi connectivity index (χ4v) is 1.03. The van der Waals surface area contributed by atoms with E-state index in [1.54, 1.807) is 0 Å². The van der Waals surface area contributed by atoms with Gasteiger partial charge in [0.1, 0.15) is 11.3 Å². The molecule has 0 spiro atoms. The van der Waals surface area contributed by atoms with E-state index in [0.717, 1.165) is 6.08 Å². The van der Waals surface area contributed by atoms with Crippen molar-refractivity contribution < 1.29 is 14.7 Å². The first-order valence-electron chi connectivity index (χ1n) is 2.90. The molecule has 0 saturated carbocycles. The molecule has 0 fully saturated rings. The fraction of sp³-hybridized carbons (Fsp3) is 0.143. The van der Waals surface area contributed by atoms with Gasteiger partial charge in [0.2, 0.25) is 0 Å². The van der Waals surface area contributed by atoms with Crippen LogP contribution in [0.5, 0.6) is 0 Å². The lowest BCUT2D eigenvalue weighted by atomic mass is 10.1. The summed E-state index contributed by atoms with van der Waals surface area (Å²) >= 11 is 5.38. The maximum atomic E-state index is 10.8. The molecule has 0 saturated heterocycles. The standard InChI is InChI=1S/C7H5ClO3/c1-3(9)6-5(10)2-4(8)7(6)11/h2,11H,1H3. The molecular weight excluding hydrogens is 168 g/mol. The Morgan fingerprint density at radius 3 is 2.36 bits per heavy atom. The van der Waals surface area contributed by atoms with Crippen molar-refractivity contribution >= 4 is 23.2 Å². The summed E-state index contributed by atoms with van der Waals surface area (Å²) in [5, 5.41) is 8.97. The summed E-state index contributed by atoms with van der Waals surface area (Å²) in [6, 6.07) is 0. The Hall–Kier alpha value is -1.09. The van der Waals surface area contributed by atoms with Gasteiger partial charge in [0.05, 0.1) is 5.03 Å². The third-order valence-electron chi connectivity index (χ3n) is 1.32. The van der Waals surface area contributed by atoms with Crippen molar-refractivity contribution in [2.75, 3.05) is 0 Å². The first-order chi connectivity index (χ1) is 5.04. The molecule has 1 rings (SSSR count). The minimum atomic E-state index is -0.528. The van der Waals surface area contributed by atoms with Crippen molar-refractivity contribution in [1.29, 1.82) is 0 Å². The van der Waals surface area contributed by atoms with E-state index in [1.165, 1.54) is 6.92 Å². The molecule has 0 amide bonds. The first kappa shape index (κ1) is 8.01. The Morgan fingerprint density at radius 2 is 2.18 bits per heavy atom. The van der Waals surface area contributed by atoms with Crippen LogP contribution in [-0.4, -0.2) is 16.7 Å². The van der Waals surface area contributed by atoms with Crippen LogP contribution in [0.2, 0.25) is 0 Å². The summed E-state index contributed by atoms with van der Waals surface area (Å²) in [5.41, 5.74) is -0.227. The largest absolute Gasteiger partial charge is 0.505 e. The number of hydrogen-bond donors (Lipinski definition) is 1. The highest BCUT2D eigenvalue weighted by Crippen LogP contribution is 2.24. The van der Waals surface area contributed by atoms with Crippen LogP contribution >= 0.6 is 11.6 Å². The zero-order valence-corrected chi connectivity index (χ0v) is 6.47. The van der Waals surface area contributed by atoms with E-state index >= 15 is 0 Å². The highest BCUT2D eigenvalue weighted by Gasteiger charge is 2.26. The minimum Gasteiger partial charge on any atom is -0.505 e. The van der Waals surface area contributed by atoms with Crippen molar-refractivity contribution in [3.63, 3.8) is 0 Å². The normalized spacial score (nSPS) is 17.3. The molecule has 4 heteroatoms. The molecule has 0 aliphatic heterocycles. The fourth-order valence-electron chi connectivity index (χ4n) is 0.832. The molecule has 0 unspecified atom stereocenters. The van der Waals surface area contributed by atoms with Crippen LogP contribution < -0.4 is 0 Å². The lowest BCUT2D eigenvalue weighted by molar-refractivity contribution is -0.118. The van der Waals surface area contributed by atoms with Gasteiger partial charge in [-0.1, -0.05) is 11.6 Å². The topological polar surface area (TPSA) is 54.4 Å². The van der Waals surface area contributed by atoms with Crippen LogP contribution in [-0.2, 0) is 9.59 Å². The zero-order valence-electron chi connectivity index (χ0n) is 5.72. The van der Waals surface area contributed by atoms with Gasteiger partial charge < -0.3 is 5.11 Å². The van der Waals surface area contributed by atoms with Crippen LogP contribution in [0.3, 0.4) is 0 Å². The number of Topliss-reactive ketones (excluding diaryl/α,β-unsaturated/α-hetero) is 1. The van der Waals surface area contributed by atoms with Gasteiger partial charge >= 0.3 is 0 Å². The van der Waals surface area contributed by atoms with E-state index < -0.39 is 17.3 Å². The first-order valence-corrected chi connectivity index (χ1v) is 3.28. The van der Waals surface area contributed by atoms with E-state index in [0.29, 0.717) is 0 Å². The lowest BCUT2D eigenvalue weighted by Gasteiger charge is -1.93. The van der Waals surface area contributed by atoms with Gasteiger partial charge in [-0.25, -0.2) is 0 Å². The number of allylic oxidation sites excluding steroid dienone is 3. The van der Waals surface area contributed by atoms with Gasteiger partial charge in [-0.2, -0.15) is 0 Å². The quantitative estimate of drug-likeness (QED) is 0.603. The molecule has 0 aromatic carbocycles. The molecule has 58 valence electrons. The summed E-state index contributed by atoms with van der Waals surface area (Å²) < 4.78 is 0. The van der Waals surface area contributed by atoms with E-state index in [-0.39, 0.29) is 10.6 Å². The molecule has 0 bridgehead atoms. The van der Waals surface area contributed by atoms with E-state index in [1.807, 2.05) is 0 Å². The lowest BCUT2D eigenvalue weighted by Crippen LogP contribution is -2.05. The van der Waals surface area contributed by atoms with Gasteiger partial charge in [-0.3, -0.25) is 9.59 Å². The molecular formula is C7H5ClO3. The summed E-state index contributed by atoms with van der Waals surface area (Å²) in [4.78, 5) is 21.5. The van der Waals surface area contributed by atoms with Gasteiger partial charge in [-0.15, -0.1) is 0 Å². The number of halogens is 1. The second-order valence-corrected chi connectivity index (χ2v) is 2.54. The predicted molar refractivity (Wildman–Crippen MR) is 39.3 cm³/mol. The number of rotatable bonds is 1. The maximum absolute atomic E-state index is 10.8. The number of carbonyl (C=O) groups is 2. The highest BCUT2D eigenvalue weighted by atomic mass is 35.5. The molecule has 1 aliphatic rings. The SMILES string of the molecule is CC(=O)C1=C(O)C(Cl)=CC1=O. The van der Waals surface area contributed by atoms with Crippen LogP contribution in [0.25, 0.3) is 0 Å². The van der Waals surface area contributed by atoms with E-state index in [9.17, 15) is 9.59 Å². The summed E-state index contributed by atoms with van der Waals surface area (Å²) in [6.45, 7) is 1.20. The average Bonchev–Trinajstić information content (AvgIpc) is 2.07. The monoisotopic (exact) mass is 172 g/mol. The third-order valence-corrected chi connectivity index (χ3v) is 1.61. The smallest absolute Gasteiger partial charge is 0.194 e. The average molecular weight is 173 g/mol. The molecule has 1 N–H and O–H groups in total. The maximum Gasteiger partial charge on any atom is 0.194 e. The number of aliphatic hydroxyl groups is 1. The minimum absolute atomic E-state index is 0.0693. The number of aliphatic hydroxyl groups excluding tert-OH is 1. The van der Waals surface area contributed by atoms with Crippen molar-refractivity contribution in [3.05, 3.63) is 22.4 Å². The second kappa shape index (κ2) is 2.51. The molecule has 0 radical (unpaired) electrons. The molecule has 3 nitrogen and oxygen atoms in total. The van der Waals surface area contributed by atoms with Crippen molar-refractivity contribution in [1.82, 2.24) is 0 Å². The van der Waals surface area contributed by atoms with Crippen molar-refractivity contribution in [2.45, 2.75) is 6.92 Å². The van der Waals surface area contributed by atoms with Crippen LogP contribution in [0.4, 0.5) is 0 Å². The summed E-state index contributed by atoms with van der Waals surface area (Å²) in [7, 11) is 0. The predicted octanol–water partition coefficient (Wildman–Crippen LogP) is 1.09. The zero-order chi connectivity index (χ0) is 8.59. The summed E-state index contributed by atoms with van der Waals surface area (Å²) in [5.74, 6) is -1.41. The van der Waals surface area contributed by atoms with E-state index in [2.05, 4.69) is 0 Å². The Balaban J connectivity index is 3.18. The Labute approximate surface area is 68.0 Å². The molecule has 1 aliphatic carbocycles. The molecule has 0 atom stereocenters. The third kappa shape index (κ3) is 1.19. The van der Waals surface area contributed by atoms with Crippen LogP contribution in [0, 0.1) is 0 Å². The highest BCUT2D eigenvalue weighted by molar-refractivity contribution is 6.39. The second-order valence-electron chi connectivity index (χ2n) is 2.14. The number of ketones is 2. The van der Waals surface area contributed by atoms with Crippen LogP contribution in [0.15, 0.2) is 22.4 Å². The number of carbonyl (C=O) groups excluding carboxylic acids is 2. The van der Waals surface area contributed by atoms with E-state index in [4.69, 9.17) is 16.7 Å². The Bertz CT molecular complexity index is 299.